The summed E-state index contributed by atoms with van der Waals surface area (Å²) in [5.41, 5.74) is -1.41. The Kier molecular flexibility index (Phi) is 3.42. The highest BCUT2D eigenvalue weighted by Crippen LogP contribution is 2.22. The van der Waals surface area contributed by atoms with Crippen molar-refractivity contribution < 1.29 is 24.2 Å². The number of aliphatic carboxylic acids is 1. The molecule has 16 heavy (non-hydrogen) atoms. The summed E-state index contributed by atoms with van der Waals surface area (Å²) in [5, 5.41) is 11.3. The third-order valence-electron chi connectivity index (χ3n) is 2.01. The molecule has 2 N–H and O–H groups in total. The van der Waals surface area contributed by atoms with Crippen LogP contribution in [0.15, 0.2) is 0 Å². The highest BCUT2D eigenvalue weighted by molar-refractivity contribution is 5.73. The molecule has 92 valence electrons. The Bertz CT molecular complexity index is 290. The minimum atomic E-state index is -0.973. The highest BCUT2D eigenvalue weighted by Gasteiger charge is 2.43. The zero-order valence-electron chi connectivity index (χ0n) is 9.70. The van der Waals surface area contributed by atoms with E-state index in [1.165, 1.54) is 0 Å². The van der Waals surface area contributed by atoms with Crippen molar-refractivity contribution in [3.8, 4) is 0 Å². The maximum Gasteiger partial charge on any atom is 0.408 e. The Morgan fingerprint density at radius 3 is 2.31 bits per heavy atom. The third kappa shape index (κ3) is 3.69. The van der Waals surface area contributed by atoms with Crippen LogP contribution < -0.4 is 5.32 Å². The van der Waals surface area contributed by atoms with Crippen molar-refractivity contribution in [2.45, 2.75) is 38.3 Å². The lowest BCUT2D eigenvalue weighted by molar-refractivity contribution is -0.146. The second kappa shape index (κ2) is 4.29. The molecule has 0 aromatic carbocycles. The SMILES string of the molecule is CC(C)(C)OC(=O)NC1(CC(=O)O)COC1. The minimum Gasteiger partial charge on any atom is -0.481 e. The van der Waals surface area contributed by atoms with Crippen LogP contribution in [-0.2, 0) is 14.3 Å². The lowest BCUT2D eigenvalue weighted by Crippen LogP contribution is -2.63. The van der Waals surface area contributed by atoms with Gasteiger partial charge in [0.05, 0.1) is 19.6 Å². The zero-order chi connectivity index (χ0) is 12.4. The van der Waals surface area contributed by atoms with Crippen LogP contribution >= 0.6 is 0 Å². The van der Waals surface area contributed by atoms with Crippen LogP contribution in [0.1, 0.15) is 27.2 Å². The van der Waals surface area contributed by atoms with E-state index in [4.69, 9.17) is 14.6 Å². The highest BCUT2D eigenvalue weighted by atomic mass is 16.6. The van der Waals surface area contributed by atoms with Gasteiger partial charge in [-0.15, -0.1) is 0 Å². The molecule has 0 aliphatic carbocycles. The maximum absolute atomic E-state index is 11.5. The van der Waals surface area contributed by atoms with Gasteiger partial charge in [0.2, 0.25) is 0 Å². The number of carboxylic acids is 1. The maximum atomic E-state index is 11.5. The normalized spacial score (nSPS) is 18.4. The largest absolute Gasteiger partial charge is 0.481 e. The van der Waals surface area contributed by atoms with E-state index >= 15 is 0 Å². The molecule has 0 spiro atoms. The summed E-state index contributed by atoms with van der Waals surface area (Å²) < 4.78 is 9.99. The van der Waals surface area contributed by atoms with E-state index in [2.05, 4.69) is 5.32 Å². The molecule has 0 unspecified atom stereocenters. The summed E-state index contributed by atoms with van der Waals surface area (Å²) in [5.74, 6) is -0.973. The summed E-state index contributed by atoms with van der Waals surface area (Å²) in [7, 11) is 0. The number of rotatable bonds is 3. The van der Waals surface area contributed by atoms with Crippen molar-refractivity contribution in [2.24, 2.45) is 0 Å². The van der Waals surface area contributed by atoms with Crippen molar-refractivity contribution >= 4 is 12.1 Å². The van der Waals surface area contributed by atoms with E-state index in [1.807, 2.05) is 0 Å². The van der Waals surface area contributed by atoms with Gasteiger partial charge in [0.25, 0.3) is 0 Å². The van der Waals surface area contributed by atoms with Crippen LogP contribution in [0.3, 0.4) is 0 Å². The summed E-state index contributed by atoms with van der Waals surface area (Å²) in [6, 6.07) is 0. The minimum absolute atomic E-state index is 0.160. The molecule has 0 aromatic rings. The van der Waals surface area contributed by atoms with E-state index in [-0.39, 0.29) is 19.6 Å². The van der Waals surface area contributed by atoms with Gasteiger partial charge in [-0.3, -0.25) is 4.79 Å². The molecule has 1 rings (SSSR count). The summed E-state index contributed by atoms with van der Waals surface area (Å²) >= 11 is 0. The Morgan fingerprint density at radius 2 is 2.00 bits per heavy atom. The molecule has 0 aromatic heterocycles. The molecule has 1 heterocycles. The molecule has 0 atom stereocenters. The second-order valence-corrected chi connectivity index (χ2v) is 4.97. The molecule has 0 radical (unpaired) electrons. The number of carbonyl (C=O) groups is 2. The van der Waals surface area contributed by atoms with E-state index in [1.54, 1.807) is 20.8 Å². The van der Waals surface area contributed by atoms with E-state index in [9.17, 15) is 9.59 Å². The Labute approximate surface area is 93.9 Å². The average Bonchev–Trinajstić information content (AvgIpc) is 1.95. The summed E-state index contributed by atoms with van der Waals surface area (Å²) in [4.78, 5) is 22.1. The van der Waals surface area contributed by atoms with Gasteiger partial charge >= 0.3 is 12.1 Å². The van der Waals surface area contributed by atoms with Gasteiger partial charge in [-0.2, -0.15) is 0 Å². The van der Waals surface area contributed by atoms with Gasteiger partial charge in [0, 0.05) is 0 Å². The first-order valence-electron chi connectivity index (χ1n) is 5.03. The monoisotopic (exact) mass is 231 g/mol. The van der Waals surface area contributed by atoms with E-state index in [0.717, 1.165) is 0 Å². The van der Waals surface area contributed by atoms with Crippen LogP contribution in [0, 0.1) is 0 Å². The standard InChI is InChI=1S/C10H17NO5/c1-9(2,3)16-8(14)11-10(4-7(12)13)5-15-6-10/h4-6H2,1-3H3,(H,11,14)(H,12,13). The number of carbonyl (C=O) groups excluding carboxylic acids is 1. The second-order valence-electron chi connectivity index (χ2n) is 4.97. The Hall–Kier alpha value is -1.30. The van der Waals surface area contributed by atoms with Gasteiger partial charge in [0.1, 0.15) is 11.1 Å². The molecule has 1 fully saturated rings. The van der Waals surface area contributed by atoms with Crippen molar-refractivity contribution in [3.63, 3.8) is 0 Å². The predicted molar refractivity (Wildman–Crippen MR) is 55.2 cm³/mol. The molecule has 0 saturated carbocycles. The van der Waals surface area contributed by atoms with Gasteiger partial charge in [-0.25, -0.2) is 4.79 Å². The lowest BCUT2D eigenvalue weighted by Gasteiger charge is -2.40. The molecule has 0 bridgehead atoms. The van der Waals surface area contributed by atoms with E-state index in [0.29, 0.717) is 0 Å². The molecule has 1 amide bonds. The first-order valence-corrected chi connectivity index (χ1v) is 5.03. The van der Waals surface area contributed by atoms with E-state index < -0.39 is 23.2 Å². The fraction of sp³-hybridized carbons (Fsp3) is 0.800. The summed E-state index contributed by atoms with van der Waals surface area (Å²) in [6.07, 6.45) is -0.774. The first kappa shape index (κ1) is 12.8. The number of amides is 1. The number of nitrogens with one attached hydrogen (secondary N) is 1. The van der Waals surface area contributed by atoms with Gasteiger partial charge < -0.3 is 19.9 Å². The fourth-order valence-electron chi connectivity index (χ4n) is 1.38. The number of hydrogen-bond donors (Lipinski definition) is 2. The number of hydrogen-bond acceptors (Lipinski definition) is 4. The third-order valence-corrected chi connectivity index (χ3v) is 2.01. The van der Waals surface area contributed by atoms with Crippen molar-refractivity contribution in [1.82, 2.24) is 5.32 Å². The van der Waals surface area contributed by atoms with Crippen LogP contribution in [0.2, 0.25) is 0 Å². The van der Waals surface area contributed by atoms with Gasteiger partial charge in [-0.1, -0.05) is 0 Å². The van der Waals surface area contributed by atoms with Crippen LogP contribution in [0.25, 0.3) is 0 Å². The number of ether oxygens (including phenoxy) is 2. The molecule has 1 aliphatic rings. The van der Waals surface area contributed by atoms with Crippen LogP contribution in [0.4, 0.5) is 4.79 Å². The van der Waals surface area contributed by atoms with Crippen LogP contribution in [-0.4, -0.2) is 41.5 Å². The molecule has 6 heteroatoms. The van der Waals surface area contributed by atoms with Gasteiger partial charge in [-0.05, 0) is 20.8 Å². The molecule has 6 nitrogen and oxygen atoms in total. The predicted octanol–water partition coefficient (Wildman–Crippen LogP) is 0.755. The Morgan fingerprint density at radius 1 is 1.44 bits per heavy atom. The molecular formula is C10H17NO5. The zero-order valence-corrected chi connectivity index (χ0v) is 9.70. The molecule has 1 aliphatic heterocycles. The summed E-state index contributed by atoms with van der Waals surface area (Å²) in [6.45, 7) is 5.65. The fourth-order valence-corrected chi connectivity index (χ4v) is 1.38. The smallest absolute Gasteiger partial charge is 0.408 e. The van der Waals surface area contributed by atoms with Crippen LogP contribution in [0.5, 0.6) is 0 Å². The molecule has 1 saturated heterocycles. The number of carboxylic acid groups (broad SMARTS) is 1. The number of alkyl carbamates (subject to hydrolysis) is 1. The Balaban J connectivity index is 2.50. The topological polar surface area (TPSA) is 84.9 Å². The van der Waals surface area contributed by atoms with Crippen molar-refractivity contribution in [3.05, 3.63) is 0 Å². The first-order chi connectivity index (χ1) is 7.22. The van der Waals surface area contributed by atoms with Gasteiger partial charge in [0.15, 0.2) is 0 Å². The van der Waals surface area contributed by atoms with Crippen molar-refractivity contribution in [1.29, 1.82) is 0 Å². The molecular weight excluding hydrogens is 214 g/mol. The average molecular weight is 231 g/mol. The van der Waals surface area contributed by atoms with Crippen molar-refractivity contribution in [2.75, 3.05) is 13.2 Å². The quantitative estimate of drug-likeness (QED) is 0.748. The lowest BCUT2D eigenvalue weighted by atomic mass is 9.93.